The molecule has 1 atom stereocenters. The molecule has 6 heteroatoms. The van der Waals surface area contributed by atoms with E-state index in [4.69, 9.17) is 0 Å². The van der Waals surface area contributed by atoms with Crippen molar-refractivity contribution in [2.45, 2.75) is 17.3 Å². The molecule has 0 saturated heterocycles. The molecule has 1 aliphatic heterocycles. The predicted molar refractivity (Wildman–Crippen MR) is 71.9 cm³/mol. The Balaban J connectivity index is 1.84. The van der Waals surface area contributed by atoms with Crippen LogP contribution >= 0.6 is 23.5 Å². The minimum Gasteiger partial charge on any atom is -0.308 e. The largest absolute Gasteiger partial charge is 0.441 e. The lowest BCUT2D eigenvalue weighted by Crippen LogP contribution is -2.29. The van der Waals surface area contributed by atoms with E-state index in [2.05, 4.69) is 17.4 Å². The molecule has 1 unspecified atom stereocenters. The number of halogens is 3. The molecule has 0 bridgehead atoms. The summed E-state index contributed by atoms with van der Waals surface area (Å²) in [7, 11) is 0. The van der Waals surface area contributed by atoms with Gasteiger partial charge >= 0.3 is 5.51 Å². The van der Waals surface area contributed by atoms with Gasteiger partial charge in [-0.15, -0.1) is 0 Å². The summed E-state index contributed by atoms with van der Waals surface area (Å²) >= 11 is 1.85. The summed E-state index contributed by atoms with van der Waals surface area (Å²) in [5.41, 5.74) is -1.61. The molecule has 0 spiro atoms. The van der Waals surface area contributed by atoms with Crippen LogP contribution in [0, 0.1) is 0 Å². The Kier molecular flexibility index (Phi) is 4.86. The molecular formula is C12H14F3NS2. The maximum Gasteiger partial charge on any atom is 0.441 e. The van der Waals surface area contributed by atoms with Crippen molar-refractivity contribution in [1.82, 2.24) is 5.32 Å². The van der Waals surface area contributed by atoms with Crippen LogP contribution in [-0.4, -0.2) is 23.6 Å². The van der Waals surface area contributed by atoms with E-state index in [1.54, 1.807) is 0 Å². The molecule has 1 aliphatic rings. The first kappa shape index (κ1) is 14.1. The number of hydrogen-bond acceptors (Lipinski definition) is 3. The van der Waals surface area contributed by atoms with Gasteiger partial charge in [0.2, 0.25) is 0 Å². The van der Waals surface area contributed by atoms with Gasteiger partial charge in [-0.2, -0.15) is 24.9 Å². The second kappa shape index (κ2) is 6.21. The molecule has 2 rings (SSSR count). The van der Waals surface area contributed by atoms with E-state index in [1.807, 2.05) is 23.9 Å². The van der Waals surface area contributed by atoms with Crippen LogP contribution in [0.15, 0.2) is 24.3 Å². The van der Waals surface area contributed by atoms with Gasteiger partial charge in [0.15, 0.2) is 0 Å². The first-order valence-electron chi connectivity index (χ1n) is 5.66. The molecule has 0 aromatic heterocycles. The van der Waals surface area contributed by atoms with E-state index < -0.39 is 5.51 Å². The van der Waals surface area contributed by atoms with Crippen molar-refractivity contribution in [2.24, 2.45) is 0 Å². The first-order chi connectivity index (χ1) is 8.56. The lowest BCUT2D eigenvalue weighted by Gasteiger charge is -2.26. The van der Waals surface area contributed by atoms with Crippen LogP contribution < -0.4 is 5.32 Å². The Morgan fingerprint density at radius 2 is 2.11 bits per heavy atom. The van der Waals surface area contributed by atoms with E-state index in [9.17, 15) is 13.2 Å². The molecule has 100 valence electrons. The van der Waals surface area contributed by atoms with Crippen LogP contribution in [0.1, 0.15) is 17.2 Å². The van der Waals surface area contributed by atoms with Crippen LogP contribution in [0.3, 0.4) is 0 Å². The maximum atomic E-state index is 12.0. The van der Waals surface area contributed by atoms with Crippen molar-refractivity contribution in [2.75, 3.05) is 18.1 Å². The van der Waals surface area contributed by atoms with Gasteiger partial charge in [0.1, 0.15) is 0 Å². The normalized spacial score (nSPS) is 19.6. The molecule has 0 amide bonds. The Hall–Kier alpha value is -0.330. The van der Waals surface area contributed by atoms with Crippen molar-refractivity contribution in [3.05, 3.63) is 35.4 Å². The molecule has 0 fully saturated rings. The summed E-state index contributed by atoms with van der Waals surface area (Å²) < 4.78 is 36.0. The lowest BCUT2D eigenvalue weighted by molar-refractivity contribution is -0.0327. The van der Waals surface area contributed by atoms with E-state index in [1.165, 1.54) is 11.1 Å². The molecule has 0 radical (unpaired) electrons. The summed E-state index contributed by atoms with van der Waals surface area (Å²) in [4.78, 5) is 0. The predicted octanol–water partition coefficient (Wildman–Crippen LogP) is 3.82. The van der Waals surface area contributed by atoms with E-state index >= 15 is 0 Å². The lowest BCUT2D eigenvalue weighted by atomic mass is 10.0. The third kappa shape index (κ3) is 4.10. The number of hydrogen-bond donors (Lipinski definition) is 1. The van der Waals surface area contributed by atoms with E-state index in [-0.39, 0.29) is 23.6 Å². The van der Waals surface area contributed by atoms with Crippen molar-refractivity contribution < 1.29 is 13.2 Å². The fraction of sp³-hybridized carbons (Fsp3) is 0.500. The first-order valence-corrected chi connectivity index (χ1v) is 7.80. The van der Waals surface area contributed by atoms with Gasteiger partial charge in [-0.1, -0.05) is 24.3 Å². The minimum absolute atomic E-state index is 0.0341. The zero-order valence-electron chi connectivity index (χ0n) is 9.67. The van der Waals surface area contributed by atoms with Crippen molar-refractivity contribution in [3.8, 4) is 0 Å². The summed E-state index contributed by atoms with van der Waals surface area (Å²) in [6.45, 7) is 0.379. The van der Waals surface area contributed by atoms with Gasteiger partial charge in [0.05, 0.1) is 0 Å². The number of benzene rings is 1. The highest BCUT2D eigenvalue weighted by Crippen LogP contribution is 2.32. The molecular weight excluding hydrogens is 279 g/mol. The number of alkyl halides is 3. The fourth-order valence-corrected chi connectivity index (χ4v) is 3.54. The minimum atomic E-state index is -4.12. The second-order valence-electron chi connectivity index (χ2n) is 4.01. The fourth-order valence-electron chi connectivity index (χ4n) is 1.95. The third-order valence-electron chi connectivity index (χ3n) is 2.73. The van der Waals surface area contributed by atoms with Gasteiger partial charge in [-0.05, 0) is 22.9 Å². The van der Waals surface area contributed by atoms with Crippen LogP contribution in [0.2, 0.25) is 0 Å². The Morgan fingerprint density at radius 3 is 2.89 bits per heavy atom. The number of nitrogens with one attached hydrogen (secondary N) is 1. The van der Waals surface area contributed by atoms with Gasteiger partial charge in [0, 0.05) is 29.8 Å². The molecule has 0 saturated carbocycles. The molecule has 18 heavy (non-hydrogen) atoms. The SMILES string of the molecule is FC(F)(F)SCCNC1CSCc2ccccc21. The average molecular weight is 293 g/mol. The van der Waals surface area contributed by atoms with Gasteiger partial charge in [-0.25, -0.2) is 0 Å². The zero-order valence-corrected chi connectivity index (χ0v) is 11.3. The topological polar surface area (TPSA) is 12.0 Å². The van der Waals surface area contributed by atoms with E-state index in [0.717, 1.165) is 11.5 Å². The van der Waals surface area contributed by atoms with Gasteiger partial charge in [-0.3, -0.25) is 0 Å². The molecule has 1 N–H and O–H groups in total. The van der Waals surface area contributed by atoms with Gasteiger partial charge in [0.25, 0.3) is 0 Å². The third-order valence-corrected chi connectivity index (χ3v) is 4.55. The van der Waals surface area contributed by atoms with E-state index in [0.29, 0.717) is 6.54 Å². The van der Waals surface area contributed by atoms with Crippen LogP contribution in [0.4, 0.5) is 13.2 Å². The van der Waals surface area contributed by atoms with Crippen molar-refractivity contribution >= 4 is 23.5 Å². The number of rotatable bonds is 4. The highest BCUT2D eigenvalue weighted by atomic mass is 32.2. The maximum absolute atomic E-state index is 12.0. The molecule has 1 heterocycles. The summed E-state index contributed by atoms with van der Waals surface area (Å²) in [5.74, 6) is 1.98. The summed E-state index contributed by atoms with van der Waals surface area (Å²) in [5, 5.41) is 3.21. The van der Waals surface area contributed by atoms with Crippen LogP contribution in [0.5, 0.6) is 0 Å². The van der Waals surface area contributed by atoms with Crippen molar-refractivity contribution in [1.29, 1.82) is 0 Å². The number of thioether (sulfide) groups is 2. The highest BCUT2D eigenvalue weighted by Gasteiger charge is 2.27. The molecule has 1 aromatic rings. The number of fused-ring (bicyclic) bond motifs is 1. The van der Waals surface area contributed by atoms with Crippen LogP contribution in [-0.2, 0) is 5.75 Å². The monoisotopic (exact) mass is 293 g/mol. The Morgan fingerprint density at radius 1 is 1.33 bits per heavy atom. The summed E-state index contributed by atoms with van der Waals surface area (Å²) in [6.07, 6.45) is 0. The van der Waals surface area contributed by atoms with Gasteiger partial charge < -0.3 is 5.32 Å². The quantitative estimate of drug-likeness (QED) is 0.848. The standard InChI is InChI=1S/C12H14F3NS2/c13-12(14,15)18-6-5-16-11-8-17-7-9-3-1-2-4-10(9)11/h1-4,11,16H,5-8H2. The molecule has 1 nitrogen and oxygen atoms in total. The Labute approximate surface area is 113 Å². The van der Waals surface area contributed by atoms with Crippen molar-refractivity contribution in [3.63, 3.8) is 0 Å². The highest BCUT2D eigenvalue weighted by molar-refractivity contribution is 8.00. The average Bonchev–Trinajstić information content (AvgIpc) is 2.33. The molecule has 1 aromatic carbocycles. The second-order valence-corrected chi connectivity index (χ2v) is 6.20. The zero-order chi connectivity index (χ0) is 13.0. The smallest absolute Gasteiger partial charge is 0.308 e. The summed E-state index contributed by atoms with van der Waals surface area (Å²) in [6, 6.07) is 8.30. The molecule has 0 aliphatic carbocycles. The Bertz CT molecular complexity index is 395. The van der Waals surface area contributed by atoms with Crippen LogP contribution in [0.25, 0.3) is 0 Å².